The molecule has 0 atom stereocenters. The summed E-state index contributed by atoms with van der Waals surface area (Å²) < 4.78 is 0. The Labute approximate surface area is 173 Å². The van der Waals surface area contributed by atoms with Gasteiger partial charge in [0.2, 0.25) is 5.91 Å². The van der Waals surface area contributed by atoms with Crippen molar-refractivity contribution < 1.29 is 9.59 Å². The van der Waals surface area contributed by atoms with Gasteiger partial charge in [-0.25, -0.2) is 0 Å². The van der Waals surface area contributed by atoms with E-state index in [1.54, 1.807) is 24.3 Å². The standard InChI is InChI=1S/C24H31N3O2/c1-16-12-17(2)23(18(3)13-16)25-15-22(28)26-21-11-7-8-19(14-21)24(29)27-20-9-5-4-6-10-20/h7-8,11-14,20,25H,4-6,9-10,15H2,1-3H3,(H,26,28)(H,27,29). The van der Waals surface area contributed by atoms with Gasteiger partial charge in [-0.3, -0.25) is 9.59 Å². The van der Waals surface area contributed by atoms with Crippen LogP contribution in [0, 0.1) is 20.8 Å². The Hall–Kier alpha value is -2.82. The minimum atomic E-state index is -0.144. The number of carbonyl (C=O) groups excluding carboxylic acids is 2. The van der Waals surface area contributed by atoms with E-state index in [9.17, 15) is 9.59 Å². The average molecular weight is 394 g/mol. The average Bonchev–Trinajstić information content (AvgIpc) is 2.68. The van der Waals surface area contributed by atoms with Crippen molar-refractivity contribution in [3.8, 4) is 0 Å². The van der Waals surface area contributed by atoms with Gasteiger partial charge in [-0.05, 0) is 62.9 Å². The van der Waals surface area contributed by atoms with E-state index in [-0.39, 0.29) is 24.4 Å². The number of aryl methyl sites for hydroxylation is 3. The Morgan fingerprint density at radius 3 is 2.34 bits per heavy atom. The lowest BCUT2D eigenvalue weighted by Crippen LogP contribution is -2.36. The molecule has 2 amide bonds. The van der Waals surface area contributed by atoms with Crippen LogP contribution in [0.5, 0.6) is 0 Å². The topological polar surface area (TPSA) is 70.2 Å². The summed E-state index contributed by atoms with van der Waals surface area (Å²) in [5.41, 5.74) is 5.65. The van der Waals surface area contributed by atoms with E-state index in [1.807, 2.05) is 13.8 Å². The first-order valence-corrected chi connectivity index (χ1v) is 10.4. The minimum absolute atomic E-state index is 0.0722. The quantitative estimate of drug-likeness (QED) is 0.665. The Balaban J connectivity index is 1.57. The van der Waals surface area contributed by atoms with Gasteiger partial charge >= 0.3 is 0 Å². The van der Waals surface area contributed by atoms with Gasteiger partial charge in [-0.2, -0.15) is 0 Å². The second-order valence-corrected chi connectivity index (χ2v) is 8.06. The molecule has 0 aromatic heterocycles. The van der Waals surface area contributed by atoms with Crippen molar-refractivity contribution in [3.05, 3.63) is 58.7 Å². The van der Waals surface area contributed by atoms with E-state index < -0.39 is 0 Å². The summed E-state index contributed by atoms with van der Waals surface area (Å²) in [6.07, 6.45) is 5.70. The molecule has 0 aliphatic heterocycles. The van der Waals surface area contributed by atoms with Crippen LogP contribution in [0.1, 0.15) is 59.2 Å². The van der Waals surface area contributed by atoms with Crippen molar-refractivity contribution in [2.75, 3.05) is 17.2 Å². The van der Waals surface area contributed by atoms with Crippen LogP contribution in [0.3, 0.4) is 0 Å². The summed E-state index contributed by atoms with van der Waals surface area (Å²) in [7, 11) is 0. The maximum absolute atomic E-state index is 12.5. The number of hydrogen-bond acceptors (Lipinski definition) is 3. The molecule has 0 spiro atoms. The fourth-order valence-electron chi connectivity index (χ4n) is 4.09. The second kappa shape index (κ2) is 9.59. The monoisotopic (exact) mass is 393 g/mol. The molecule has 3 N–H and O–H groups in total. The molecule has 2 aromatic carbocycles. The predicted molar refractivity (Wildman–Crippen MR) is 119 cm³/mol. The SMILES string of the molecule is Cc1cc(C)c(NCC(=O)Nc2cccc(C(=O)NC3CCCCC3)c2)c(C)c1. The summed E-state index contributed by atoms with van der Waals surface area (Å²) in [5, 5.41) is 9.22. The van der Waals surface area contributed by atoms with E-state index in [0.717, 1.165) is 29.7 Å². The number of carbonyl (C=O) groups is 2. The highest BCUT2D eigenvalue weighted by Gasteiger charge is 2.17. The Morgan fingerprint density at radius 2 is 1.66 bits per heavy atom. The number of rotatable bonds is 6. The lowest BCUT2D eigenvalue weighted by molar-refractivity contribution is -0.114. The van der Waals surface area contributed by atoms with Gasteiger partial charge in [0.25, 0.3) is 5.91 Å². The highest BCUT2D eigenvalue weighted by Crippen LogP contribution is 2.22. The molecule has 1 saturated carbocycles. The molecule has 1 aliphatic rings. The molecule has 3 rings (SSSR count). The maximum Gasteiger partial charge on any atom is 0.251 e. The molecule has 29 heavy (non-hydrogen) atoms. The van der Waals surface area contributed by atoms with Crippen LogP contribution in [-0.2, 0) is 4.79 Å². The van der Waals surface area contributed by atoms with Gasteiger partial charge in [0.1, 0.15) is 0 Å². The molecule has 0 radical (unpaired) electrons. The molecule has 0 heterocycles. The number of hydrogen-bond donors (Lipinski definition) is 3. The zero-order chi connectivity index (χ0) is 20.8. The normalized spacial score (nSPS) is 14.3. The first-order valence-electron chi connectivity index (χ1n) is 10.4. The molecule has 1 aliphatic carbocycles. The first-order chi connectivity index (χ1) is 13.9. The smallest absolute Gasteiger partial charge is 0.251 e. The van der Waals surface area contributed by atoms with E-state index in [1.165, 1.54) is 24.8 Å². The van der Waals surface area contributed by atoms with Crippen LogP contribution in [0.2, 0.25) is 0 Å². The Kier molecular flexibility index (Phi) is 6.91. The molecule has 154 valence electrons. The van der Waals surface area contributed by atoms with Crippen LogP contribution in [0.4, 0.5) is 11.4 Å². The third-order valence-corrected chi connectivity index (χ3v) is 5.45. The van der Waals surface area contributed by atoms with Crippen LogP contribution < -0.4 is 16.0 Å². The van der Waals surface area contributed by atoms with Crippen LogP contribution in [0.15, 0.2) is 36.4 Å². The number of amides is 2. The molecule has 0 bridgehead atoms. The summed E-state index contributed by atoms with van der Waals surface area (Å²) in [5.74, 6) is -0.216. The van der Waals surface area contributed by atoms with Gasteiger partial charge in [0.15, 0.2) is 0 Å². The van der Waals surface area contributed by atoms with Gasteiger partial charge in [-0.1, -0.05) is 43.0 Å². The third kappa shape index (κ3) is 5.83. The van der Waals surface area contributed by atoms with E-state index >= 15 is 0 Å². The summed E-state index contributed by atoms with van der Waals surface area (Å²) >= 11 is 0. The Morgan fingerprint density at radius 1 is 0.966 bits per heavy atom. The second-order valence-electron chi connectivity index (χ2n) is 8.06. The van der Waals surface area contributed by atoms with Crippen LogP contribution in [0.25, 0.3) is 0 Å². The molecule has 5 heteroatoms. The summed E-state index contributed by atoms with van der Waals surface area (Å²) in [6.45, 7) is 6.31. The lowest BCUT2D eigenvalue weighted by atomic mass is 9.95. The van der Waals surface area contributed by atoms with Gasteiger partial charge in [0, 0.05) is 23.0 Å². The number of benzene rings is 2. The van der Waals surface area contributed by atoms with Crippen molar-refractivity contribution in [1.82, 2.24) is 5.32 Å². The first kappa shape index (κ1) is 20.9. The summed E-state index contributed by atoms with van der Waals surface area (Å²) in [4.78, 5) is 24.9. The highest BCUT2D eigenvalue weighted by atomic mass is 16.2. The van der Waals surface area contributed by atoms with Crippen molar-refractivity contribution in [2.45, 2.75) is 58.9 Å². The molecule has 1 fully saturated rings. The molecular formula is C24H31N3O2. The number of nitrogens with one attached hydrogen (secondary N) is 3. The lowest BCUT2D eigenvalue weighted by Gasteiger charge is -2.22. The van der Waals surface area contributed by atoms with Gasteiger partial charge in [-0.15, -0.1) is 0 Å². The third-order valence-electron chi connectivity index (χ3n) is 5.45. The van der Waals surface area contributed by atoms with Gasteiger partial charge < -0.3 is 16.0 Å². The maximum atomic E-state index is 12.5. The molecule has 0 saturated heterocycles. The largest absolute Gasteiger partial charge is 0.376 e. The van der Waals surface area contributed by atoms with Crippen molar-refractivity contribution in [1.29, 1.82) is 0 Å². The van der Waals surface area contributed by atoms with Crippen molar-refractivity contribution in [3.63, 3.8) is 0 Å². The van der Waals surface area contributed by atoms with Crippen LogP contribution in [-0.4, -0.2) is 24.4 Å². The minimum Gasteiger partial charge on any atom is -0.376 e. The zero-order valence-electron chi connectivity index (χ0n) is 17.6. The Bertz CT molecular complexity index is 862. The van der Waals surface area contributed by atoms with E-state index in [2.05, 4.69) is 35.0 Å². The zero-order valence-corrected chi connectivity index (χ0v) is 17.6. The number of anilines is 2. The van der Waals surface area contributed by atoms with E-state index in [4.69, 9.17) is 0 Å². The molecule has 0 unspecified atom stereocenters. The fraction of sp³-hybridized carbons (Fsp3) is 0.417. The summed E-state index contributed by atoms with van der Waals surface area (Å²) in [6, 6.07) is 11.6. The van der Waals surface area contributed by atoms with E-state index in [0.29, 0.717) is 11.3 Å². The highest BCUT2D eigenvalue weighted by molar-refractivity contribution is 5.98. The molecular weight excluding hydrogens is 362 g/mol. The molecule has 5 nitrogen and oxygen atoms in total. The fourth-order valence-corrected chi connectivity index (χ4v) is 4.09. The van der Waals surface area contributed by atoms with Crippen LogP contribution >= 0.6 is 0 Å². The molecule has 2 aromatic rings. The van der Waals surface area contributed by atoms with Crippen molar-refractivity contribution >= 4 is 23.2 Å². The van der Waals surface area contributed by atoms with Crippen molar-refractivity contribution in [2.24, 2.45) is 0 Å². The van der Waals surface area contributed by atoms with Gasteiger partial charge in [0.05, 0.1) is 6.54 Å². The predicted octanol–water partition coefficient (Wildman–Crippen LogP) is 4.72.